The van der Waals surface area contributed by atoms with Gasteiger partial charge in [0.05, 0.1) is 5.56 Å². The van der Waals surface area contributed by atoms with Gasteiger partial charge >= 0.3 is 0 Å². The number of rotatable bonds is 2. The number of amides is 1. The number of hydrogen-bond acceptors (Lipinski definition) is 1. The zero-order valence-corrected chi connectivity index (χ0v) is 13.6. The molecule has 1 aromatic rings. The molecule has 18 heavy (non-hydrogen) atoms. The minimum Gasteiger partial charge on any atom is -0.349 e. The van der Waals surface area contributed by atoms with Gasteiger partial charge in [-0.05, 0) is 52.9 Å². The van der Waals surface area contributed by atoms with Crippen molar-refractivity contribution in [1.29, 1.82) is 0 Å². The monoisotopic (exact) mass is 373 g/mol. The minimum absolute atomic E-state index is 0.0157. The molecule has 0 spiro atoms. The Hall–Kier alpha value is -0.350. The summed E-state index contributed by atoms with van der Waals surface area (Å²) in [5.41, 5.74) is 0.696. The molecule has 0 heterocycles. The molecular formula is C14H17Br2NO. The highest BCUT2D eigenvalue weighted by Crippen LogP contribution is 2.25. The van der Waals surface area contributed by atoms with Gasteiger partial charge in [-0.25, -0.2) is 0 Å². The second kappa shape index (κ2) is 6.20. The Bertz CT molecular complexity index is 447. The van der Waals surface area contributed by atoms with Gasteiger partial charge in [-0.2, -0.15) is 0 Å². The highest BCUT2D eigenvalue weighted by molar-refractivity contribution is 9.11. The fourth-order valence-electron chi connectivity index (χ4n) is 2.45. The van der Waals surface area contributed by atoms with E-state index in [2.05, 4.69) is 44.1 Å². The number of carbonyl (C=O) groups is 1. The summed E-state index contributed by atoms with van der Waals surface area (Å²) in [7, 11) is 0. The molecule has 1 fully saturated rings. The molecule has 2 nitrogen and oxygen atoms in total. The third-order valence-electron chi connectivity index (χ3n) is 3.60. The summed E-state index contributed by atoms with van der Waals surface area (Å²) in [6, 6.07) is 5.98. The quantitative estimate of drug-likeness (QED) is 0.809. The predicted molar refractivity (Wildman–Crippen MR) is 80.7 cm³/mol. The fraction of sp³-hybridized carbons (Fsp3) is 0.500. The summed E-state index contributed by atoms with van der Waals surface area (Å²) in [6.07, 6.45) is 4.81. The van der Waals surface area contributed by atoms with E-state index in [-0.39, 0.29) is 5.91 Å². The summed E-state index contributed by atoms with van der Waals surface area (Å²) in [6.45, 7) is 2.22. The van der Waals surface area contributed by atoms with Gasteiger partial charge in [-0.1, -0.05) is 35.7 Å². The lowest BCUT2D eigenvalue weighted by Gasteiger charge is -2.29. The lowest BCUT2D eigenvalue weighted by Crippen LogP contribution is -2.41. The van der Waals surface area contributed by atoms with Crippen molar-refractivity contribution in [2.24, 2.45) is 5.92 Å². The predicted octanol–water partition coefficient (Wildman–Crippen LogP) is 4.52. The van der Waals surface area contributed by atoms with Crippen LogP contribution in [0.2, 0.25) is 0 Å². The van der Waals surface area contributed by atoms with E-state index < -0.39 is 0 Å². The molecule has 1 aromatic carbocycles. The summed E-state index contributed by atoms with van der Waals surface area (Å²) in [4.78, 5) is 12.3. The third-order valence-corrected chi connectivity index (χ3v) is 4.79. The molecular weight excluding hydrogens is 358 g/mol. The second-order valence-corrected chi connectivity index (χ2v) is 6.74. The first-order chi connectivity index (χ1) is 8.58. The van der Waals surface area contributed by atoms with Crippen molar-refractivity contribution in [3.8, 4) is 0 Å². The molecule has 0 aromatic heterocycles. The fourth-order valence-corrected chi connectivity index (χ4v) is 3.24. The van der Waals surface area contributed by atoms with Gasteiger partial charge in [0.25, 0.3) is 5.91 Å². The van der Waals surface area contributed by atoms with E-state index in [9.17, 15) is 4.79 Å². The van der Waals surface area contributed by atoms with Crippen LogP contribution in [0.25, 0.3) is 0 Å². The Morgan fingerprint density at radius 3 is 2.72 bits per heavy atom. The Kier molecular flexibility index (Phi) is 4.84. The van der Waals surface area contributed by atoms with E-state index in [1.165, 1.54) is 19.3 Å². The van der Waals surface area contributed by atoms with Crippen LogP contribution in [0, 0.1) is 5.92 Å². The van der Waals surface area contributed by atoms with Crippen molar-refractivity contribution in [1.82, 2.24) is 5.32 Å². The molecule has 4 heteroatoms. The lowest BCUT2D eigenvalue weighted by molar-refractivity contribution is 0.0909. The Labute approximate surface area is 125 Å². The van der Waals surface area contributed by atoms with Crippen LogP contribution in [0.4, 0.5) is 0 Å². The molecule has 0 aliphatic heterocycles. The molecule has 1 saturated carbocycles. The van der Waals surface area contributed by atoms with Crippen LogP contribution >= 0.6 is 31.9 Å². The van der Waals surface area contributed by atoms with Crippen molar-refractivity contribution >= 4 is 37.8 Å². The number of hydrogen-bond donors (Lipinski definition) is 1. The highest BCUT2D eigenvalue weighted by atomic mass is 79.9. The van der Waals surface area contributed by atoms with Gasteiger partial charge in [0.15, 0.2) is 0 Å². The summed E-state index contributed by atoms with van der Waals surface area (Å²) in [5.74, 6) is 0.593. The summed E-state index contributed by atoms with van der Waals surface area (Å²) in [5, 5.41) is 3.16. The maximum atomic E-state index is 12.3. The van der Waals surface area contributed by atoms with E-state index in [0.29, 0.717) is 17.5 Å². The van der Waals surface area contributed by atoms with Gasteiger partial charge in [0.2, 0.25) is 0 Å². The van der Waals surface area contributed by atoms with E-state index in [4.69, 9.17) is 0 Å². The normalized spacial score (nSPS) is 23.7. The first kappa shape index (κ1) is 14.1. The molecule has 2 atom stereocenters. The summed E-state index contributed by atoms with van der Waals surface area (Å²) < 4.78 is 1.76. The van der Waals surface area contributed by atoms with Crippen molar-refractivity contribution in [3.63, 3.8) is 0 Å². The van der Waals surface area contributed by atoms with Crippen LogP contribution in [0.15, 0.2) is 27.1 Å². The van der Waals surface area contributed by atoms with Gasteiger partial charge in [0.1, 0.15) is 0 Å². The van der Waals surface area contributed by atoms with E-state index in [0.717, 1.165) is 15.4 Å². The number of nitrogens with one attached hydrogen (secondary N) is 1. The molecule has 1 N–H and O–H groups in total. The molecule has 1 aliphatic carbocycles. The molecule has 0 unspecified atom stereocenters. The average molecular weight is 375 g/mol. The zero-order valence-electron chi connectivity index (χ0n) is 10.4. The highest BCUT2D eigenvalue weighted by Gasteiger charge is 2.23. The van der Waals surface area contributed by atoms with Crippen molar-refractivity contribution in [2.45, 2.75) is 38.6 Å². The van der Waals surface area contributed by atoms with Crippen molar-refractivity contribution < 1.29 is 4.79 Å². The maximum absolute atomic E-state index is 12.3. The summed E-state index contributed by atoms with van der Waals surface area (Å²) >= 11 is 6.83. The van der Waals surface area contributed by atoms with E-state index in [1.807, 2.05) is 18.2 Å². The van der Waals surface area contributed by atoms with E-state index in [1.54, 1.807) is 0 Å². The SMILES string of the molecule is C[C@H]1CCCC[C@H]1NC(=O)c1cc(Br)ccc1Br. The molecule has 1 aliphatic rings. The van der Waals surface area contributed by atoms with Crippen LogP contribution < -0.4 is 5.32 Å². The average Bonchev–Trinajstić information content (AvgIpc) is 2.35. The molecule has 2 rings (SSSR count). The van der Waals surface area contributed by atoms with Crippen molar-refractivity contribution in [2.75, 3.05) is 0 Å². The zero-order chi connectivity index (χ0) is 13.1. The van der Waals surface area contributed by atoms with Crippen molar-refractivity contribution in [3.05, 3.63) is 32.7 Å². The van der Waals surface area contributed by atoms with E-state index >= 15 is 0 Å². The second-order valence-electron chi connectivity index (χ2n) is 4.97. The number of carbonyl (C=O) groups excluding carboxylic acids is 1. The maximum Gasteiger partial charge on any atom is 0.252 e. The molecule has 0 saturated heterocycles. The smallest absolute Gasteiger partial charge is 0.252 e. The largest absolute Gasteiger partial charge is 0.349 e. The Morgan fingerprint density at radius 2 is 2.00 bits per heavy atom. The molecule has 0 bridgehead atoms. The minimum atomic E-state index is 0.0157. The van der Waals surface area contributed by atoms with Crippen LogP contribution in [0.5, 0.6) is 0 Å². The topological polar surface area (TPSA) is 29.1 Å². The Morgan fingerprint density at radius 1 is 1.28 bits per heavy atom. The van der Waals surface area contributed by atoms with Gasteiger partial charge in [-0.15, -0.1) is 0 Å². The van der Waals surface area contributed by atoms with Gasteiger partial charge in [0, 0.05) is 15.0 Å². The third kappa shape index (κ3) is 3.35. The van der Waals surface area contributed by atoms with Gasteiger partial charge in [-0.3, -0.25) is 4.79 Å². The van der Waals surface area contributed by atoms with Crippen LogP contribution in [-0.2, 0) is 0 Å². The van der Waals surface area contributed by atoms with Crippen LogP contribution in [-0.4, -0.2) is 11.9 Å². The number of halogens is 2. The number of benzene rings is 1. The lowest BCUT2D eigenvalue weighted by atomic mass is 9.86. The Balaban J connectivity index is 2.09. The van der Waals surface area contributed by atoms with Gasteiger partial charge < -0.3 is 5.32 Å². The molecule has 0 radical (unpaired) electrons. The molecule has 98 valence electrons. The first-order valence-corrected chi connectivity index (χ1v) is 7.92. The van der Waals surface area contributed by atoms with Crippen LogP contribution in [0.3, 0.4) is 0 Å². The first-order valence-electron chi connectivity index (χ1n) is 6.34. The van der Waals surface area contributed by atoms with Crippen LogP contribution in [0.1, 0.15) is 43.0 Å². The standard InChI is InChI=1S/C14H17Br2NO/c1-9-4-2-3-5-13(9)17-14(18)11-8-10(15)6-7-12(11)16/h6-9,13H,2-5H2,1H3,(H,17,18)/t9-,13+/m0/s1. The molecule has 1 amide bonds.